The summed E-state index contributed by atoms with van der Waals surface area (Å²) in [4.78, 5) is 12.0. The number of hydrogen-bond donors (Lipinski definition) is 1. The Balaban J connectivity index is 0.00000245. The number of aromatic nitrogens is 2. The average Bonchev–Trinajstić information content (AvgIpc) is 3.47. The number of rotatable bonds is 6. The Morgan fingerprint density at radius 1 is 1.00 bits per heavy atom. The van der Waals surface area contributed by atoms with Gasteiger partial charge in [-0.2, -0.15) is 0 Å². The second kappa shape index (κ2) is 9.78. The molecule has 0 spiro atoms. The van der Waals surface area contributed by atoms with Crippen LogP contribution in [0, 0.1) is 0 Å². The number of para-hydroxylation sites is 1. The van der Waals surface area contributed by atoms with Crippen molar-refractivity contribution in [3.05, 3.63) is 88.0 Å². The van der Waals surface area contributed by atoms with Crippen LogP contribution in [0.1, 0.15) is 53.3 Å². The molecule has 0 bridgehead atoms. The Labute approximate surface area is 201 Å². The number of H-pyrrole nitrogens is 1. The van der Waals surface area contributed by atoms with Crippen LogP contribution in [0.2, 0.25) is 0 Å². The molecule has 1 saturated carbocycles. The van der Waals surface area contributed by atoms with Gasteiger partial charge in [-0.1, -0.05) is 24.3 Å². The number of hydrogen-bond acceptors (Lipinski definition) is 3. The first kappa shape index (κ1) is 23.0. The van der Waals surface area contributed by atoms with Crippen molar-refractivity contribution in [3.63, 3.8) is 0 Å². The third kappa shape index (κ3) is 4.24. The van der Waals surface area contributed by atoms with Gasteiger partial charge in [0.15, 0.2) is 0 Å². The van der Waals surface area contributed by atoms with Gasteiger partial charge in [-0.15, -0.1) is 23.7 Å². The smallest absolute Gasteiger partial charge is 0.0549 e. The lowest BCUT2D eigenvalue weighted by molar-refractivity contribution is 0.0940. The van der Waals surface area contributed by atoms with E-state index in [1.807, 2.05) is 23.7 Å². The van der Waals surface area contributed by atoms with E-state index in [0.717, 1.165) is 12.8 Å². The standard InChI is InChI=1S/C27H31N3S.ClH/c1-30(2)27(25-8-5-19-31-25)15-11-21(12-16-27)26-23(10-9-20-13-17-28-18-14-20)22-6-3-4-7-24(22)29-26;/h3-8,13-14,17-19,21,29H,9-12,15-16H2,1-2H3;1H. The fourth-order valence-electron chi connectivity index (χ4n) is 5.50. The Hall–Kier alpha value is -2.14. The zero-order valence-corrected chi connectivity index (χ0v) is 20.5. The number of thiophene rings is 1. The molecule has 168 valence electrons. The third-order valence-electron chi connectivity index (χ3n) is 7.32. The molecule has 1 N–H and O–H groups in total. The number of nitrogens with one attached hydrogen (secondary N) is 1. The third-order valence-corrected chi connectivity index (χ3v) is 8.38. The van der Waals surface area contributed by atoms with Crippen molar-refractivity contribution >= 4 is 34.6 Å². The van der Waals surface area contributed by atoms with Crippen molar-refractivity contribution in [2.45, 2.75) is 50.0 Å². The van der Waals surface area contributed by atoms with Crippen LogP contribution in [-0.4, -0.2) is 29.0 Å². The van der Waals surface area contributed by atoms with E-state index in [1.165, 1.54) is 58.3 Å². The van der Waals surface area contributed by atoms with E-state index in [9.17, 15) is 0 Å². The predicted molar refractivity (Wildman–Crippen MR) is 138 cm³/mol. The van der Waals surface area contributed by atoms with Gasteiger partial charge in [0.2, 0.25) is 0 Å². The van der Waals surface area contributed by atoms with Gasteiger partial charge in [0, 0.05) is 33.9 Å². The van der Waals surface area contributed by atoms with Crippen molar-refractivity contribution < 1.29 is 0 Å². The minimum absolute atomic E-state index is 0. The highest BCUT2D eigenvalue weighted by Crippen LogP contribution is 2.48. The predicted octanol–water partition coefficient (Wildman–Crippen LogP) is 6.95. The van der Waals surface area contributed by atoms with Gasteiger partial charge in [0.1, 0.15) is 0 Å². The fourth-order valence-corrected chi connectivity index (χ4v) is 6.57. The van der Waals surface area contributed by atoms with Crippen molar-refractivity contribution in [1.29, 1.82) is 0 Å². The summed E-state index contributed by atoms with van der Waals surface area (Å²) < 4.78 is 0. The molecule has 0 unspecified atom stereocenters. The van der Waals surface area contributed by atoms with Crippen molar-refractivity contribution in [2.75, 3.05) is 14.1 Å². The second-order valence-electron chi connectivity index (χ2n) is 9.10. The molecule has 3 aromatic heterocycles. The second-order valence-corrected chi connectivity index (χ2v) is 10.0. The number of aryl methyl sites for hydroxylation is 2. The summed E-state index contributed by atoms with van der Waals surface area (Å²) in [5, 5.41) is 3.62. The van der Waals surface area contributed by atoms with Crippen LogP contribution in [0.25, 0.3) is 10.9 Å². The Kier molecular flexibility index (Phi) is 7.04. The lowest BCUT2D eigenvalue weighted by atomic mass is 9.73. The van der Waals surface area contributed by atoms with Gasteiger partial charge in [-0.25, -0.2) is 0 Å². The first-order chi connectivity index (χ1) is 15.2. The highest BCUT2D eigenvalue weighted by molar-refractivity contribution is 7.10. The fraction of sp³-hybridized carbons (Fsp3) is 0.370. The van der Waals surface area contributed by atoms with Crippen LogP contribution in [-0.2, 0) is 18.4 Å². The first-order valence-corrected chi connectivity index (χ1v) is 12.3. The highest BCUT2D eigenvalue weighted by atomic mass is 35.5. The van der Waals surface area contributed by atoms with E-state index in [0.29, 0.717) is 5.92 Å². The molecular weight excluding hydrogens is 434 g/mol. The maximum Gasteiger partial charge on any atom is 0.0549 e. The number of halogens is 1. The summed E-state index contributed by atoms with van der Waals surface area (Å²) in [6.45, 7) is 0. The molecule has 3 nitrogen and oxygen atoms in total. The normalized spacial score (nSPS) is 21.0. The molecule has 4 aromatic rings. The Morgan fingerprint density at radius 3 is 2.44 bits per heavy atom. The van der Waals surface area contributed by atoms with Crippen LogP contribution in [0.4, 0.5) is 0 Å². The van der Waals surface area contributed by atoms with Crippen LogP contribution >= 0.6 is 23.7 Å². The number of pyridine rings is 1. The largest absolute Gasteiger partial charge is 0.358 e. The Morgan fingerprint density at radius 2 is 1.75 bits per heavy atom. The molecule has 1 aliphatic rings. The topological polar surface area (TPSA) is 31.9 Å². The van der Waals surface area contributed by atoms with Crippen LogP contribution in [0.3, 0.4) is 0 Å². The van der Waals surface area contributed by atoms with Crippen LogP contribution in [0.5, 0.6) is 0 Å². The molecule has 0 radical (unpaired) electrons. The molecule has 0 saturated heterocycles. The number of aromatic amines is 1. The zero-order chi connectivity index (χ0) is 21.3. The number of benzene rings is 1. The van der Waals surface area contributed by atoms with Crippen LogP contribution in [0.15, 0.2) is 66.3 Å². The maximum absolute atomic E-state index is 4.17. The van der Waals surface area contributed by atoms with Crippen LogP contribution < -0.4 is 0 Å². The zero-order valence-electron chi connectivity index (χ0n) is 18.9. The molecule has 1 aromatic carbocycles. The monoisotopic (exact) mass is 465 g/mol. The van der Waals surface area contributed by atoms with Gasteiger partial charge in [0.25, 0.3) is 0 Å². The summed E-state index contributed by atoms with van der Waals surface area (Å²) in [7, 11) is 4.51. The minimum Gasteiger partial charge on any atom is -0.358 e. The number of fused-ring (bicyclic) bond motifs is 1. The molecular formula is C27H32ClN3S. The van der Waals surface area contributed by atoms with E-state index in [1.54, 1.807) is 0 Å². The number of nitrogens with zero attached hydrogens (tertiary/aromatic N) is 2. The van der Waals surface area contributed by atoms with E-state index >= 15 is 0 Å². The molecule has 1 aliphatic carbocycles. The summed E-state index contributed by atoms with van der Waals surface area (Å²) in [6, 6.07) is 17.6. The average molecular weight is 466 g/mol. The van der Waals surface area contributed by atoms with Crippen molar-refractivity contribution in [2.24, 2.45) is 0 Å². The maximum atomic E-state index is 4.17. The molecule has 1 fully saturated rings. The molecule has 0 atom stereocenters. The Bertz CT molecular complexity index is 1130. The minimum atomic E-state index is 0. The van der Waals surface area contributed by atoms with Gasteiger partial charge in [-0.3, -0.25) is 9.88 Å². The molecule has 0 amide bonds. The summed E-state index contributed by atoms with van der Waals surface area (Å²) in [6.07, 6.45) is 10.8. The van der Waals surface area contributed by atoms with Gasteiger partial charge < -0.3 is 4.98 Å². The molecule has 3 heterocycles. The molecule has 32 heavy (non-hydrogen) atoms. The first-order valence-electron chi connectivity index (χ1n) is 11.4. The van der Waals surface area contributed by atoms with Gasteiger partial charge in [-0.05, 0) is 99.3 Å². The van der Waals surface area contributed by atoms with Crippen molar-refractivity contribution in [3.8, 4) is 0 Å². The van der Waals surface area contributed by atoms with Crippen molar-refractivity contribution in [1.82, 2.24) is 14.9 Å². The summed E-state index contributed by atoms with van der Waals surface area (Å²) in [5.41, 5.74) is 5.83. The molecule has 5 heteroatoms. The van der Waals surface area contributed by atoms with E-state index in [4.69, 9.17) is 0 Å². The lowest BCUT2D eigenvalue weighted by Gasteiger charge is -2.44. The SMILES string of the molecule is CN(C)C1(c2cccs2)CCC(c2[nH]c3ccccc3c2CCc2ccncc2)CC1.Cl. The van der Waals surface area contributed by atoms with Gasteiger partial charge in [0.05, 0.1) is 5.54 Å². The van der Waals surface area contributed by atoms with Gasteiger partial charge >= 0.3 is 0 Å². The summed E-state index contributed by atoms with van der Waals surface area (Å²) in [5.74, 6) is 0.605. The molecule has 5 rings (SSSR count). The highest BCUT2D eigenvalue weighted by Gasteiger charge is 2.40. The van der Waals surface area contributed by atoms with E-state index < -0.39 is 0 Å². The lowest BCUT2D eigenvalue weighted by Crippen LogP contribution is -2.43. The van der Waals surface area contributed by atoms with E-state index in [-0.39, 0.29) is 17.9 Å². The summed E-state index contributed by atoms with van der Waals surface area (Å²) >= 11 is 1.91. The van der Waals surface area contributed by atoms with E-state index in [2.05, 4.69) is 82.9 Å². The molecule has 0 aliphatic heterocycles. The quantitative estimate of drug-likeness (QED) is 0.334.